The smallest absolute Gasteiger partial charge is 0.255 e. The first-order valence-corrected chi connectivity index (χ1v) is 5.10. The van der Waals surface area contributed by atoms with E-state index in [1.807, 2.05) is 20.8 Å². The number of rotatable bonds is 5. The van der Waals surface area contributed by atoms with Crippen LogP contribution < -0.4 is 10.1 Å². The van der Waals surface area contributed by atoms with Gasteiger partial charge in [0, 0.05) is 6.54 Å². The summed E-state index contributed by atoms with van der Waals surface area (Å²) in [6, 6.07) is 0. The lowest BCUT2D eigenvalue weighted by Gasteiger charge is -2.12. The summed E-state index contributed by atoms with van der Waals surface area (Å²) >= 11 is 0. The monoisotopic (exact) mass is 213 g/mol. The molecule has 1 rings (SSSR count). The van der Waals surface area contributed by atoms with Crippen LogP contribution in [0.25, 0.3) is 0 Å². The molecule has 1 aromatic heterocycles. The van der Waals surface area contributed by atoms with E-state index in [0.29, 0.717) is 12.5 Å². The molecule has 0 aliphatic rings. The molecule has 1 aromatic rings. The fourth-order valence-corrected chi connectivity index (χ4v) is 0.951. The summed E-state index contributed by atoms with van der Waals surface area (Å²) < 4.78 is 18.5. The highest BCUT2D eigenvalue weighted by Gasteiger charge is 2.10. The van der Waals surface area contributed by atoms with Gasteiger partial charge in [-0.15, -0.1) is 0 Å². The summed E-state index contributed by atoms with van der Waals surface area (Å²) in [5, 5.41) is 2.90. The molecule has 0 spiro atoms. The van der Waals surface area contributed by atoms with Crippen LogP contribution in [0.3, 0.4) is 0 Å². The SMILES string of the molecule is CCNc1ncc(F)c(OC(C)CC)n1. The summed E-state index contributed by atoms with van der Waals surface area (Å²) in [7, 11) is 0. The van der Waals surface area contributed by atoms with Crippen molar-refractivity contribution in [3.05, 3.63) is 12.0 Å². The molecule has 1 heterocycles. The molecule has 0 aliphatic carbocycles. The second-order valence-electron chi connectivity index (χ2n) is 3.21. The molecule has 1 atom stereocenters. The Kier molecular flexibility index (Phi) is 4.27. The van der Waals surface area contributed by atoms with E-state index >= 15 is 0 Å². The Balaban J connectivity index is 2.80. The van der Waals surface area contributed by atoms with Crippen molar-refractivity contribution in [3.8, 4) is 5.88 Å². The van der Waals surface area contributed by atoms with E-state index in [9.17, 15) is 4.39 Å². The average Bonchev–Trinajstić information content (AvgIpc) is 2.23. The maximum atomic E-state index is 13.2. The van der Waals surface area contributed by atoms with Crippen LogP contribution >= 0.6 is 0 Å². The highest BCUT2D eigenvalue weighted by Crippen LogP contribution is 2.16. The van der Waals surface area contributed by atoms with Gasteiger partial charge in [0.05, 0.1) is 12.3 Å². The van der Waals surface area contributed by atoms with Gasteiger partial charge in [0.1, 0.15) is 0 Å². The van der Waals surface area contributed by atoms with Crippen LogP contribution in [0.15, 0.2) is 6.20 Å². The largest absolute Gasteiger partial charge is 0.472 e. The average molecular weight is 213 g/mol. The van der Waals surface area contributed by atoms with Gasteiger partial charge in [0.15, 0.2) is 0 Å². The maximum absolute atomic E-state index is 13.2. The number of hydrogen-bond donors (Lipinski definition) is 1. The van der Waals surface area contributed by atoms with Crippen molar-refractivity contribution in [1.29, 1.82) is 0 Å². The number of halogens is 1. The van der Waals surface area contributed by atoms with E-state index in [4.69, 9.17) is 4.74 Å². The van der Waals surface area contributed by atoms with Crippen molar-refractivity contribution in [3.63, 3.8) is 0 Å². The molecule has 1 N–H and O–H groups in total. The Labute approximate surface area is 88.9 Å². The quantitative estimate of drug-likeness (QED) is 0.814. The zero-order valence-corrected chi connectivity index (χ0v) is 9.25. The molecule has 0 saturated heterocycles. The number of hydrogen-bond acceptors (Lipinski definition) is 4. The van der Waals surface area contributed by atoms with Crippen LogP contribution in [-0.2, 0) is 0 Å². The topological polar surface area (TPSA) is 47.0 Å². The highest BCUT2D eigenvalue weighted by molar-refractivity contribution is 5.28. The van der Waals surface area contributed by atoms with E-state index in [2.05, 4.69) is 15.3 Å². The summed E-state index contributed by atoms with van der Waals surface area (Å²) in [6.45, 7) is 6.44. The lowest BCUT2D eigenvalue weighted by Crippen LogP contribution is -2.13. The van der Waals surface area contributed by atoms with E-state index in [0.717, 1.165) is 12.6 Å². The van der Waals surface area contributed by atoms with Crippen LogP contribution in [0.5, 0.6) is 5.88 Å². The van der Waals surface area contributed by atoms with Crippen molar-refractivity contribution in [1.82, 2.24) is 9.97 Å². The first-order chi connectivity index (χ1) is 7.17. The Bertz CT molecular complexity index is 320. The van der Waals surface area contributed by atoms with Crippen molar-refractivity contribution in [2.45, 2.75) is 33.3 Å². The van der Waals surface area contributed by atoms with Crippen molar-refractivity contribution in [2.24, 2.45) is 0 Å². The molecule has 0 radical (unpaired) electrons. The van der Waals surface area contributed by atoms with Gasteiger partial charge in [-0.3, -0.25) is 0 Å². The zero-order chi connectivity index (χ0) is 11.3. The minimum atomic E-state index is -0.531. The molecule has 0 saturated carbocycles. The predicted molar refractivity (Wildman–Crippen MR) is 56.5 cm³/mol. The van der Waals surface area contributed by atoms with Gasteiger partial charge >= 0.3 is 0 Å². The lowest BCUT2D eigenvalue weighted by molar-refractivity contribution is 0.198. The van der Waals surface area contributed by atoms with Gasteiger partial charge < -0.3 is 10.1 Å². The Morgan fingerprint density at radius 2 is 2.27 bits per heavy atom. The van der Waals surface area contributed by atoms with Crippen molar-refractivity contribution in [2.75, 3.05) is 11.9 Å². The first kappa shape index (κ1) is 11.7. The molecule has 84 valence electrons. The molecule has 1 unspecified atom stereocenters. The van der Waals surface area contributed by atoms with Gasteiger partial charge in [-0.1, -0.05) is 6.92 Å². The molecule has 5 heteroatoms. The Morgan fingerprint density at radius 3 is 2.87 bits per heavy atom. The second kappa shape index (κ2) is 5.48. The van der Waals surface area contributed by atoms with Gasteiger partial charge in [0.2, 0.25) is 11.8 Å². The highest BCUT2D eigenvalue weighted by atomic mass is 19.1. The minimum absolute atomic E-state index is 0.00954. The fraction of sp³-hybridized carbons (Fsp3) is 0.600. The normalized spacial score (nSPS) is 12.3. The van der Waals surface area contributed by atoms with E-state index in [1.165, 1.54) is 0 Å². The lowest BCUT2D eigenvalue weighted by atomic mass is 10.3. The molecule has 0 aromatic carbocycles. The molecular weight excluding hydrogens is 197 g/mol. The summed E-state index contributed by atoms with van der Waals surface area (Å²) in [5.41, 5.74) is 0. The van der Waals surface area contributed by atoms with Gasteiger partial charge in [-0.05, 0) is 20.3 Å². The summed E-state index contributed by atoms with van der Waals surface area (Å²) in [5.74, 6) is -0.135. The van der Waals surface area contributed by atoms with Gasteiger partial charge in [-0.2, -0.15) is 9.37 Å². The van der Waals surface area contributed by atoms with Crippen LogP contribution in [0.4, 0.5) is 10.3 Å². The van der Waals surface area contributed by atoms with E-state index < -0.39 is 5.82 Å². The fourth-order valence-electron chi connectivity index (χ4n) is 0.951. The van der Waals surface area contributed by atoms with Crippen molar-refractivity contribution >= 4 is 5.95 Å². The molecule has 0 bridgehead atoms. The van der Waals surface area contributed by atoms with Gasteiger partial charge in [0.25, 0.3) is 5.88 Å². The third kappa shape index (κ3) is 3.34. The number of nitrogens with zero attached hydrogens (tertiary/aromatic N) is 2. The number of anilines is 1. The molecular formula is C10H16FN3O. The van der Waals surface area contributed by atoms with Gasteiger partial charge in [-0.25, -0.2) is 4.98 Å². The molecule has 15 heavy (non-hydrogen) atoms. The Hall–Kier alpha value is -1.39. The second-order valence-corrected chi connectivity index (χ2v) is 3.21. The maximum Gasteiger partial charge on any atom is 0.255 e. The molecule has 0 amide bonds. The number of ether oxygens (including phenoxy) is 1. The predicted octanol–water partition coefficient (Wildman–Crippen LogP) is 2.22. The summed E-state index contributed by atoms with van der Waals surface area (Å²) in [6.07, 6.45) is 1.87. The van der Waals surface area contributed by atoms with Crippen LogP contribution in [-0.4, -0.2) is 22.6 Å². The number of nitrogens with one attached hydrogen (secondary N) is 1. The number of aromatic nitrogens is 2. The van der Waals surface area contributed by atoms with E-state index in [-0.39, 0.29) is 12.0 Å². The van der Waals surface area contributed by atoms with Crippen LogP contribution in [0.2, 0.25) is 0 Å². The third-order valence-corrected chi connectivity index (χ3v) is 1.93. The van der Waals surface area contributed by atoms with Crippen molar-refractivity contribution < 1.29 is 9.13 Å². The zero-order valence-electron chi connectivity index (χ0n) is 9.25. The van der Waals surface area contributed by atoms with Crippen LogP contribution in [0, 0.1) is 5.82 Å². The first-order valence-electron chi connectivity index (χ1n) is 5.10. The standard InChI is InChI=1S/C10H16FN3O/c1-4-7(3)15-9-8(11)6-13-10(14-9)12-5-2/h6-7H,4-5H2,1-3H3,(H,12,13,14). The Morgan fingerprint density at radius 1 is 1.53 bits per heavy atom. The van der Waals surface area contributed by atoms with E-state index in [1.54, 1.807) is 0 Å². The molecule has 4 nitrogen and oxygen atoms in total. The van der Waals surface area contributed by atoms with Crippen LogP contribution in [0.1, 0.15) is 27.2 Å². The molecule has 0 fully saturated rings. The molecule has 0 aliphatic heterocycles. The minimum Gasteiger partial charge on any atom is -0.472 e. The summed E-state index contributed by atoms with van der Waals surface area (Å²) in [4.78, 5) is 7.72. The third-order valence-electron chi connectivity index (χ3n) is 1.93.